The lowest BCUT2D eigenvalue weighted by Crippen LogP contribution is -2.32. The number of anilines is 2. The van der Waals surface area contributed by atoms with Crippen molar-refractivity contribution in [2.75, 3.05) is 10.2 Å². The fourth-order valence-electron chi connectivity index (χ4n) is 5.11. The number of carboxylic acid groups (broad SMARTS) is 1. The Balaban J connectivity index is 1.35. The van der Waals surface area contributed by atoms with E-state index >= 15 is 0 Å². The molecule has 7 heteroatoms. The normalized spacial score (nSPS) is 25.8. The van der Waals surface area contributed by atoms with Crippen LogP contribution < -0.4 is 15.3 Å². The van der Waals surface area contributed by atoms with E-state index in [1.54, 1.807) is 37.3 Å². The van der Waals surface area contributed by atoms with Crippen molar-refractivity contribution in [2.45, 2.75) is 13.3 Å². The second-order valence-electron chi connectivity index (χ2n) is 8.28. The molecule has 2 fully saturated rings. The first-order valence-electron chi connectivity index (χ1n) is 10.2. The molecule has 1 saturated carbocycles. The summed E-state index contributed by atoms with van der Waals surface area (Å²) in [5, 5.41) is 13.9. The van der Waals surface area contributed by atoms with E-state index in [2.05, 4.69) is 5.32 Å². The van der Waals surface area contributed by atoms with Crippen molar-refractivity contribution in [3.63, 3.8) is 0 Å². The Kier molecular flexibility index (Phi) is 4.28. The molecule has 1 saturated heterocycles. The third kappa shape index (κ3) is 2.88. The maximum atomic E-state index is 12.9. The van der Waals surface area contributed by atoms with E-state index in [0.29, 0.717) is 22.5 Å². The van der Waals surface area contributed by atoms with E-state index < -0.39 is 11.9 Å². The number of carbonyl (C=O) groups excluding carboxylic acids is 4. The van der Waals surface area contributed by atoms with Crippen LogP contribution in [0.15, 0.2) is 54.6 Å². The molecule has 2 aromatic carbocycles. The third-order valence-corrected chi connectivity index (χ3v) is 6.66. The van der Waals surface area contributed by atoms with Gasteiger partial charge in [0, 0.05) is 16.8 Å². The Morgan fingerprint density at radius 2 is 1.58 bits per heavy atom. The summed E-state index contributed by atoms with van der Waals surface area (Å²) < 4.78 is 0. The fourth-order valence-corrected chi connectivity index (χ4v) is 5.11. The minimum atomic E-state index is -1.31. The molecule has 3 amide bonds. The highest BCUT2D eigenvalue weighted by molar-refractivity contribution is 6.23. The van der Waals surface area contributed by atoms with Gasteiger partial charge in [0.15, 0.2) is 0 Å². The lowest BCUT2D eigenvalue weighted by atomic mass is 9.85. The molecule has 0 radical (unpaired) electrons. The van der Waals surface area contributed by atoms with E-state index in [0.717, 1.165) is 6.42 Å². The lowest BCUT2D eigenvalue weighted by molar-refractivity contribution is -0.255. The standard InChI is InChI=1S/C24H20N2O5/c1-12-17(24(30)31)3-2-4-18(12)25-21(27)13-7-9-16(10-8-13)26-22(28)19-14-5-6-15(11-14)20(19)23(26)29/h2-10,14-15,19-20H,11H2,1H3,(H,25,27)(H,30,31)/p-1/t14-,15+,19-,20+. The molecule has 4 atom stereocenters. The van der Waals surface area contributed by atoms with Gasteiger partial charge in [-0.1, -0.05) is 24.3 Å². The summed E-state index contributed by atoms with van der Waals surface area (Å²) in [6.45, 7) is 1.59. The average molecular weight is 415 g/mol. The first-order chi connectivity index (χ1) is 14.9. The minimum Gasteiger partial charge on any atom is -0.545 e. The Hall–Kier alpha value is -3.74. The summed E-state index contributed by atoms with van der Waals surface area (Å²) in [5.41, 5.74) is 1.55. The van der Waals surface area contributed by atoms with Gasteiger partial charge in [0.1, 0.15) is 0 Å². The molecule has 2 bridgehead atoms. The molecule has 7 nitrogen and oxygen atoms in total. The number of hydrogen-bond acceptors (Lipinski definition) is 5. The Labute approximate surface area is 178 Å². The Morgan fingerprint density at radius 3 is 2.16 bits per heavy atom. The number of carboxylic acids is 1. The first-order valence-corrected chi connectivity index (χ1v) is 10.2. The van der Waals surface area contributed by atoms with Gasteiger partial charge in [0.25, 0.3) is 5.91 Å². The summed E-state index contributed by atoms with van der Waals surface area (Å²) in [6, 6.07) is 10.8. The third-order valence-electron chi connectivity index (χ3n) is 6.66. The predicted octanol–water partition coefficient (Wildman–Crippen LogP) is 1.92. The molecule has 31 heavy (non-hydrogen) atoms. The number of carbonyl (C=O) groups is 4. The summed E-state index contributed by atoms with van der Waals surface area (Å²) >= 11 is 0. The van der Waals surface area contributed by atoms with Crippen LogP contribution in [0.1, 0.15) is 32.7 Å². The topological polar surface area (TPSA) is 107 Å². The highest BCUT2D eigenvalue weighted by atomic mass is 16.4. The largest absolute Gasteiger partial charge is 0.545 e. The fraction of sp³-hybridized carbons (Fsp3) is 0.250. The highest BCUT2D eigenvalue weighted by Crippen LogP contribution is 2.53. The SMILES string of the molecule is Cc1c(NC(=O)c2ccc(N3C(=O)[C@@H]4[C@H](C3=O)[C@@H]3C=C[C@H]4C3)cc2)cccc1C(=O)[O-]. The first kappa shape index (κ1) is 19.2. The molecule has 0 unspecified atom stereocenters. The molecule has 156 valence electrons. The molecule has 0 spiro atoms. The van der Waals surface area contributed by atoms with Gasteiger partial charge < -0.3 is 15.2 Å². The van der Waals surface area contributed by atoms with Gasteiger partial charge >= 0.3 is 0 Å². The van der Waals surface area contributed by atoms with Crippen molar-refractivity contribution >= 4 is 35.1 Å². The van der Waals surface area contributed by atoms with Crippen LogP contribution in [0, 0.1) is 30.6 Å². The maximum absolute atomic E-state index is 12.9. The zero-order chi connectivity index (χ0) is 21.9. The van der Waals surface area contributed by atoms with Gasteiger partial charge in [0.05, 0.1) is 23.5 Å². The van der Waals surface area contributed by atoms with Crippen molar-refractivity contribution in [3.8, 4) is 0 Å². The van der Waals surface area contributed by atoms with Gasteiger partial charge in [-0.25, -0.2) is 0 Å². The second kappa shape index (κ2) is 6.91. The summed E-state index contributed by atoms with van der Waals surface area (Å²) in [4.78, 5) is 50.9. The van der Waals surface area contributed by atoms with Crippen molar-refractivity contribution in [1.82, 2.24) is 0 Å². The van der Waals surface area contributed by atoms with Crippen LogP contribution in [0.25, 0.3) is 0 Å². The summed E-state index contributed by atoms with van der Waals surface area (Å²) in [5.74, 6) is -2.34. The van der Waals surface area contributed by atoms with Crippen molar-refractivity contribution in [1.29, 1.82) is 0 Å². The van der Waals surface area contributed by atoms with E-state index in [-0.39, 0.29) is 41.0 Å². The molecule has 5 rings (SSSR count). The van der Waals surface area contributed by atoms with Crippen molar-refractivity contribution in [3.05, 3.63) is 71.3 Å². The number of hydrogen-bond donors (Lipinski definition) is 1. The zero-order valence-corrected chi connectivity index (χ0v) is 16.7. The molecule has 1 N–H and O–H groups in total. The van der Waals surface area contributed by atoms with Crippen LogP contribution in [0.5, 0.6) is 0 Å². The quantitative estimate of drug-likeness (QED) is 0.607. The summed E-state index contributed by atoms with van der Waals surface area (Å²) in [6.07, 6.45) is 4.97. The number of fused-ring (bicyclic) bond motifs is 5. The number of imide groups is 1. The predicted molar refractivity (Wildman–Crippen MR) is 110 cm³/mol. The van der Waals surface area contributed by atoms with Gasteiger partial charge in [-0.3, -0.25) is 19.3 Å². The Bertz CT molecular complexity index is 1140. The number of benzene rings is 2. The average Bonchev–Trinajstić information content (AvgIpc) is 3.43. The van der Waals surface area contributed by atoms with Gasteiger partial charge in [0.2, 0.25) is 11.8 Å². The van der Waals surface area contributed by atoms with Crippen LogP contribution in [0.3, 0.4) is 0 Å². The van der Waals surface area contributed by atoms with E-state index in [1.807, 2.05) is 12.2 Å². The van der Waals surface area contributed by atoms with Crippen molar-refractivity contribution < 1.29 is 24.3 Å². The van der Waals surface area contributed by atoms with Crippen LogP contribution in [0.4, 0.5) is 11.4 Å². The second-order valence-corrected chi connectivity index (χ2v) is 8.28. The molecular weight excluding hydrogens is 396 g/mol. The highest BCUT2D eigenvalue weighted by Gasteiger charge is 2.59. The van der Waals surface area contributed by atoms with Gasteiger partial charge in [-0.15, -0.1) is 0 Å². The van der Waals surface area contributed by atoms with Crippen molar-refractivity contribution in [2.24, 2.45) is 23.7 Å². The minimum absolute atomic E-state index is 0.00760. The van der Waals surface area contributed by atoms with Gasteiger partial charge in [-0.05, 0) is 61.1 Å². The molecule has 1 heterocycles. The van der Waals surface area contributed by atoms with Crippen LogP contribution >= 0.6 is 0 Å². The number of amides is 3. The van der Waals surface area contributed by atoms with E-state index in [9.17, 15) is 24.3 Å². The van der Waals surface area contributed by atoms with Crippen LogP contribution in [-0.4, -0.2) is 23.7 Å². The van der Waals surface area contributed by atoms with E-state index in [1.165, 1.54) is 17.0 Å². The number of nitrogens with one attached hydrogen (secondary N) is 1. The molecule has 1 aliphatic heterocycles. The molecule has 0 aromatic heterocycles. The molecule has 2 aliphatic carbocycles. The number of aromatic carboxylic acids is 1. The molecule has 2 aromatic rings. The van der Waals surface area contributed by atoms with E-state index in [4.69, 9.17) is 0 Å². The van der Waals surface area contributed by atoms with Crippen LogP contribution in [0.2, 0.25) is 0 Å². The maximum Gasteiger partial charge on any atom is 0.255 e. The molecule has 3 aliphatic rings. The van der Waals surface area contributed by atoms with Crippen LogP contribution in [-0.2, 0) is 9.59 Å². The Morgan fingerprint density at radius 1 is 0.968 bits per heavy atom. The molecular formula is C24H19N2O5-. The summed E-state index contributed by atoms with van der Waals surface area (Å²) in [7, 11) is 0. The zero-order valence-electron chi connectivity index (χ0n) is 16.7. The van der Waals surface area contributed by atoms with Gasteiger partial charge in [-0.2, -0.15) is 0 Å². The monoisotopic (exact) mass is 415 g/mol. The number of rotatable bonds is 4. The lowest BCUT2D eigenvalue weighted by Gasteiger charge is -2.18. The smallest absolute Gasteiger partial charge is 0.255 e. The number of nitrogens with zero attached hydrogens (tertiary/aromatic N) is 1. The number of allylic oxidation sites excluding steroid dienone is 2.